The lowest BCUT2D eigenvalue weighted by molar-refractivity contribution is -0.922. The maximum atomic E-state index is 13.5. The van der Waals surface area contributed by atoms with Crippen LogP contribution in [0.25, 0.3) is 10.9 Å². The molecule has 2 aliphatic rings. The van der Waals surface area contributed by atoms with Gasteiger partial charge in [-0.25, -0.2) is 4.39 Å². The number of hydrogen-bond donors (Lipinski definition) is 2. The Hall–Kier alpha value is -2.66. The van der Waals surface area contributed by atoms with E-state index in [9.17, 15) is 9.18 Å². The Balaban J connectivity index is 1.40. The van der Waals surface area contributed by atoms with Gasteiger partial charge in [-0.15, -0.1) is 0 Å². The van der Waals surface area contributed by atoms with Gasteiger partial charge in [-0.1, -0.05) is 18.2 Å². The van der Waals surface area contributed by atoms with E-state index in [0.717, 1.165) is 24.8 Å². The van der Waals surface area contributed by atoms with Crippen molar-refractivity contribution in [3.05, 3.63) is 71.7 Å². The lowest BCUT2D eigenvalue weighted by Crippen LogP contribution is -3.15. The Kier molecular flexibility index (Phi) is 5.07. The zero-order valence-electron chi connectivity index (χ0n) is 17.4. The van der Waals surface area contributed by atoms with Crippen LogP contribution in [0.15, 0.2) is 54.7 Å². The molecular formula is C25H29FN3O+. The predicted molar refractivity (Wildman–Crippen MR) is 116 cm³/mol. The van der Waals surface area contributed by atoms with Crippen LogP contribution in [0.5, 0.6) is 0 Å². The zero-order chi connectivity index (χ0) is 20.7. The van der Waals surface area contributed by atoms with E-state index in [-0.39, 0.29) is 17.8 Å². The highest BCUT2D eigenvalue weighted by Gasteiger charge is 2.44. The predicted octanol–water partition coefficient (Wildman–Crippen LogP) is 3.20. The number of rotatable bonds is 5. The third-order valence-electron chi connectivity index (χ3n) is 7.35. The summed E-state index contributed by atoms with van der Waals surface area (Å²) in [6, 6.07) is 15.8. The molecule has 0 radical (unpaired) electrons. The number of hydrogen-bond acceptors (Lipinski definition) is 1. The molecule has 0 saturated carbocycles. The van der Waals surface area contributed by atoms with Crippen molar-refractivity contribution in [2.75, 3.05) is 13.6 Å². The maximum Gasteiger partial charge on any atom is 0.254 e. The Morgan fingerprint density at radius 3 is 2.53 bits per heavy atom. The molecule has 2 unspecified atom stereocenters. The number of aromatic amines is 1. The fourth-order valence-electron chi connectivity index (χ4n) is 5.59. The molecule has 2 N–H and O–H groups in total. The van der Waals surface area contributed by atoms with Crippen LogP contribution in [0.1, 0.15) is 41.6 Å². The molecule has 0 spiro atoms. The number of nitrogens with zero attached hydrogens (tertiary/aromatic N) is 1. The molecule has 1 aromatic heterocycles. The van der Waals surface area contributed by atoms with E-state index in [1.807, 2.05) is 6.07 Å². The van der Waals surface area contributed by atoms with Crippen LogP contribution in [-0.2, 0) is 6.42 Å². The number of aromatic nitrogens is 1. The zero-order valence-corrected chi connectivity index (χ0v) is 17.4. The molecule has 30 heavy (non-hydrogen) atoms. The molecule has 4 nitrogen and oxygen atoms in total. The third-order valence-corrected chi connectivity index (χ3v) is 7.35. The second kappa shape index (κ2) is 7.88. The van der Waals surface area contributed by atoms with E-state index >= 15 is 0 Å². The highest BCUT2D eigenvalue weighted by Crippen LogP contribution is 2.28. The van der Waals surface area contributed by atoms with Crippen molar-refractivity contribution in [3.8, 4) is 0 Å². The quantitative estimate of drug-likeness (QED) is 0.671. The number of carbonyl (C=O) groups is 1. The number of para-hydroxylation sites is 1. The Morgan fingerprint density at radius 2 is 1.80 bits per heavy atom. The summed E-state index contributed by atoms with van der Waals surface area (Å²) in [7, 11) is 2.30. The van der Waals surface area contributed by atoms with E-state index in [2.05, 4.69) is 41.3 Å². The van der Waals surface area contributed by atoms with Crippen molar-refractivity contribution < 1.29 is 14.1 Å². The van der Waals surface area contributed by atoms with Crippen LogP contribution in [0.4, 0.5) is 4.39 Å². The molecule has 4 atom stereocenters. The molecule has 5 rings (SSSR count). The van der Waals surface area contributed by atoms with Crippen molar-refractivity contribution in [1.29, 1.82) is 0 Å². The molecule has 2 bridgehead atoms. The minimum Gasteiger partial charge on any atom is -0.361 e. The molecule has 2 aliphatic heterocycles. The normalized spacial score (nSPS) is 25.5. The molecule has 156 valence electrons. The van der Waals surface area contributed by atoms with Crippen LogP contribution in [0.3, 0.4) is 0 Å². The monoisotopic (exact) mass is 406 g/mol. The van der Waals surface area contributed by atoms with Gasteiger partial charge in [0.15, 0.2) is 0 Å². The first-order valence-electron chi connectivity index (χ1n) is 11.0. The van der Waals surface area contributed by atoms with Gasteiger partial charge in [-0.3, -0.25) is 4.79 Å². The number of fused-ring (bicyclic) bond motifs is 3. The van der Waals surface area contributed by atoms with Crippen LogP contribution >= 0.6 is 0 Å². The second-order valence-electron chi connectivity index (χ2n) is 8.96. The van der Waals surface area contributed by atoms with Crippen molar-refractivity contribution in [2.45, 2.75) is 50.2 Å². The lowest BCUT2D eigenvalue weighted by Gasteiger charge is -2.40. The van der Waals surface area contributed by atoms with Gasteiger partial charge in [-0.05, 0) is 42.3 Å². The lowest BCUT2D eigenvalue weighted by atomic mass is 9.95. The summed E-state index contributed by atoms with van der Waals surface area (Å²) in [5.41, 5.74) is 2.95. The van der Waals surface area contributed by atoms with Gasteiger partial charge in [-0.2, -0.15) is 0 Å². The number of halogens is 1. The molecule has 2 aromatic carbocycles. The minimum absolute atomic E-state index is 0.0267. The summed E-state index contributed by atoms with van der Waals surface area (Å²) in [4.78, 5) is 20.5. The molecule has 1 amide bonds. The smallest absolute Gasteiger partial charge is 0.254 e. The van der Waals surface area contributed by atoms with Gasteiger partial charge in [0.2, 0.25) is 0 Å². The van der Waals surface area contributed by atoms with Crippen LogP contribution in [0, 0.1) is 5.82 Å². The number of carbonyl (C=O) groups excluding carboxylic acids is 1. The summed E-state index contributed by atoms with van der Waals surface area (Å²) in [5.74, 6) is -0.281. The standard InChI is InChI=1S/C25H28FN3O/c1-28-20-10-11-21(28)15-22(14-20)29(25(30)17-6-8-19(26)9-7-17)13-12-18-16-27-24-5-3-2-4-23(18)24/h2-9,16,20-22,27H,10-15H2,1H3/p+1/t20-,21+,22?. The van der Waals surface area contributed by atoms with Gasteiger partial charge < -0.3 is 14.8 Å². The molecule has 3 heterocycles. The summed E-state index contributed by atoms with van der Waals surface area (Å²) in [6.45, 7) is 0.682. The number of amides is 1. The van der Waals surface area contributed by atoms with Crippen molar-refractivity contribution in [3.63, 3.8) is 0 Å². The van der Waals surface area contributed by atoms with E-state index in [1.54, 1.807) is 17.0 Å². The molecule has 3 aromatic rings. The van der Waals surface area contributed by atoms with Crippen molar-refractivity contribution in [1.82, 2.24) is 9.88 Å². The first-order chi connectivity index (χ1) is 14.6. The topological polar surface area (TPSA) is 40.5 Å². The van der Waals surface area contributed by atoms with Crippen LogP contribution in [-0.4, -0.2) is 47.5 Å². The van der Waals surface area contributed by atoms with E-state index in [0.29, 0.717) is 24.2 Å². The van der Waals surface area contributed by atoms with Gasteiger partial charge in [0.05, 0.1) is 19.1 Å². The first-order valence-corrected chi connectivity index (χ1v) is 11.0. The second-order valence-corrected chi connectivity index (χ2v) is 8.96. The molecule has 0 aliphatic carbocycles. The summed E-state index contributed by atoms with van der Waals surface area (Å²) in [5, 5.41) is 1.22. The minimum atomic E-state index is -0.308. The van der Waals surface area contributed by atoms with Crippen molar-refractivity contribution >= 4 is 16.8 Å². The molecule has 5 heteroatoms. The number of H-pyrrole nitrogens is 1. The third kappa shape index (κ3) is 3.52. The van der Waals surface area contributed by atoms with Gasteiger partial charge in [0.1, 0.15) is 5.82 Å². The summed E-state index contributed by atoms with van der Waals surface area (Å²) in [6.07, 6.45) is 7.51. The number of nitrogens with one attached hydrogen (secondary N) is 2. The summed E-state index contributed by atoms with van der Waals surface area (Å²) >= 11 is 0. The fourth-order valence-corrected chi connectivity index (χ4v) is 5.59. The highest BCUT2D eigenvalue weighted by molar-refractivity contribution is 5.94. The Morgan fingerprint density at radius 1 is 1.10 bits per heavy atom. The van der Waals surface area contributed by atoms with Crippen molar-refractivity contribution in [2.24, 2.45) is 0 Å². The van der Waals surface area contributed by atoms with E-state index in [1.165, 1.54) is 35.9 Å². The van der Waals surface area contributed by atoms with E-state index < -0.39 is 0 Å². The highest BCUT2D eigenvalue weighted by atomic mass is 19.1. The Labute approximate surface area is 176 Å². The largest absolute Gasteiger partial charge is 0.361 e. The molecule has 2 saturated heterocycles. The molecule has 2 fully saturated rings. The van der Waals surface area contributed by atoms with Crippen LogP contribution in [0.2, 0.25) is 0 Å². The van der Waals surface area contributed by atoms with Gasteiger partial charge in [0, 0.05) is 60.9 Å². The van der Waals surface area contributed by atoms with Crippen LogP contribution < -0.4 is 4.90 Å². The maximum absolute atomic E-state index is 13.5. The number of quaternary nitrogens is 1. The van der Waals surface area contributed by atoms with E-state index in [4.69, 9.17) is 0 Å². The number of piperidine rings is 1. The first kappa shape index (κ1) is 19.3. The fraction of sp³-hybridized carbons (Fsp3) is 0.400. The molecular weight excluding hydrogens is 377 g/mol. The Bertz CT molecular complexity index is 1030. The SMILES string of the molecule is C[NH+]1[C@@H]2CC[C@H]1CC(N(CCc1c[nH]c3ccccc13)C(=O)c1ccc(F)cc1)C2. The van der Waals surface area contributed by atoms with Gasteiger partial charge >= 0.3 is 0 Å². The average Bonchev–Trinajstić information content (AvgIpc) is 3.24. The van der Waals surface area contributed by atoms with Gasteiger partial charge in [0.25, 0.3) is 5.91 Å². The number of benzene rings is 2. The average molecular weight is 407 g/mol. The summed E-state index contributed by atoms with van der Waals surface area (Å²) < 4.78 is 13.4.